The van der Waals surface area contributed by atoms with E-state index < -0.39 is 0 Å². The van der Waals surface area contributed by atoms with Crippen LogP contribution < -0.4 is 9.80 Å². The maximum Gasteiger partial charge on any atom is 0.233 e. The molecule has 2 aromatic rings. The second kappa shape index (κ2) is 9.26. The van der Waals surface area contributed by atoms with Gasteiger partial charge in [-0.3, -0.25) is 4.79 Å². The van der Waals surface area contributed by atoms with Crippen LogP contribution in [0.1, 0.15) is 50.5 Å². The molecular weight excluding hydrogens is 422 g/mol. The van der Waals surface area contributed by atoms with Gasteiger partial charge in [0.2, 0.25) is 5.91 Å². The van der Waals surface area contributed by atoms with E-state index in [2.05, 4.69) is 37.0 Å². The molecule has 3 heterocycles. The van der Waals surface area contributed by atoms with Crippen molar-refractivity contribution in [2.75, 3.05) is 49.1 Å². The maximum absolute atomic E-state index is 13.7. The van der Waals surface area contributed by atoms with E-state index in [0.29, 0.717) is 0 Å². The fraction of sp³-hybridized carbons (Fsp3) is 0.560. The number of hydrogen-bond donors (Lipinski definition) is 0. The Balaban J connectivity index is 1.24. The number of nitrogens with zero attached hydrogens (tertiary/aromatic N) is 5. The van der Waals surface area contributed by atoms with Crippen LogP contribution in [-0.4, -0.2) is 60.3 Å². The zero-order valence-corrected chi connectivity index (χ0v) is 19.4. The predicted octanol–water partition coefficient (Wildman–Crippen LogP) is 4.28. The Kier molecular flexibility index (Phi) is 6.22. The Morgan fingerprint density at radius 3 is 1.84 bits per heavy atom. The molecule has 1 amide bonds. The number of piperazine rings is 1. The van der Waals surface area contributed by atoms with Crippen LogP contribution in [0.5, 0.6) is 0 Å². The topological polar surface area (TPSA) is 52.6 Å². The Morgan fingerprint density at radius 1 is 0.719 bits per heavy atom. The van der Waals surface area contributed by atoms with Crippen molar-refractivity contribution in [2.24, 2.45) is 0 Å². The Labute approximate surface area is 195 Å². The molecule has 1 aromatic heterocycles. The first-order valence-corrected chi connectivity index (χ1v) is 12.4. The highest BCUT2D eigenvalue weighted by Gasteiger charge is 2.45. The summed E-state index contributed by atoms with van der Waals surface area (Å²) in [7, 11) is 0. The fourth-order valence-electron chi connectivity index (χ4n) is 5.59. The molecule has 1 saturated carbocycles. The van der Waals surface area contributed by atoms with Gasteiger partial charge in [-0.25, -0.2) is 0 Å². The van der Waals surface area contributed by atoms with Crippen LogP contribution in [0.2, 0.25) is 5.02 Å². The number of piperidine rings is 1. The van der Waals surface area contributed by atoms with Crippen LogP contribution in [0, 0.1) is 0 Å². The minimum Gasteiger partial charge on any atom is -0.355 e. The van der Waals surface area contributed by atoms with Crippen LogP contribution >= 0.6 is 11.6 Å². The molecule has 3 aliphatic rings. The highest BCUT2D eigenvalue weighted by molar-refractivity contribution is 6.30. The Morgan fingerprint density at radius 2 is 1.28 bits per heavy atom. The van der Waals surface area contributed by atoms with Crippen molar-refractivity contribution < 1.29 is 4.79 Å². The molecular formula is C25H32ClN5O. The van der Waals surface area contributed by atoms with Crippen molar-refractivity contribution in [1.82, 2.24) is 15.1 Å². The average molecular weight is 454 g/mol. The van der Waals surface area contributed by atoms with E-state index in [1.807, 2.05) is 24.3 Å². The zero-order chi connectivity index (χ0) is 22.0. The van der Waals surface area contributed by atoms with Gasteiger partial charge in [-0.15, -0.1) is 10.2 Å². The minimum atomic E-state index is -0.386. The molecule has 0 atom stereocenters. The van der Waals surface area contributed by atoms with Gasteiger partial charge in [0.05, 0.1) is 5.41 Å². The summed E-state index contributed by atoms with van der Waals surface area (Å²) in [5.74, 6) is 2.17. The molecule has 3 fully saturated rings. The van der Waals surface area contributed by atoms with Crippen LogP contribution in [0.15, 0.2) is 36.4 Å². The summed E-state index contributed by atoms with van der Waals surface area (Å²) >= 11 is 6.11. The van der Waals surface area contributed by atoms with Crippen LogP contribution in [-0.2, 0) is 10.2 Å². The van der Waals surface area contributed by atoms with Crippen molar-refractivity contribution in [3.05, 3.63) is 47.0 Å². The number of carbonyl (C=O) groups is 1. The first-order valence-electron chi connectivity index (χ1n) is 12.0. The number of anilines is 2. The zero-order valence-electron chi connectivity index (χ0n) is 18.7. The van der Waals surface area contributed by atoms with Crippen molar-refractivity contribution >= 4 is 29.1 Å². The van der Waals surface area contributed by atoms with Gasteiger partial charge in [-0.1, -0.05) is 36.6 Å². The number of rotatable bonds is 4. The van der Waals surface area contributed by atoms with Gasteiger partial charge in [0.25, 0.3) is 0 Å². The van der Waals surface area contributed by atoms with Gasteiger partial charge in [0.15, 0.2) is 11.6 Å². The lowest BCUT2D eigenvalue weighted by atomic mass is 9.77. The second-order valence-corrected chi connectivity index (χ2v) is 9.81. The summed E-state index contributed by atoms with van der Waals surface area (Å²) in [5.41, 5.74) is 0.730. The lowest BCUT2D eigenvalue weighted by Crippen LogP contribution is -2.54. The molecule has 2 saturated heterocycles. The van der Waals surface area contributed by atoms with E-state index in [-0.39, 0.29) is 11.3 Å². The molecule has 1 aliphatic carbocycles. The highest BCUT2D eigenvalue weighted by atomic mass is 35.5. The van der Waals surface area contributed by atoms with Gasteiger partial charge >= 0.3 is 0 Å². The van der Waals surface area contributed by atoms with Crippen molar-refractivity contribution in [3.8, 4) is 0 Å². The molecule has 2 aliphatic heterocycles. The highest BCUT2D eigenvalue weighted by Crippen LogP contribution is 2.43. The van der Waals surface area contributed by atoms with Crippen LogP contribution in [0.25, 0.3) is 0 Å². The van der Waals surface area contributed by atoms with Crippen LogP contribution in [0.3, 0.4) is 0 Å². The Bertz CT molecular complexity index is 912. The first-order chi connectivity index (χ1) is 15.7. The molecule has 0 unspecified atom stereocenters. The minimum absolute atomic E-state index is 0.281. The average Bonchev–Trinajstić information content (AvgIpc) is 3.36. The third-order valence-electron chi connectivity index (χ3n) is 7.47. The number of halogens is 1. The number of hydrogen-bond acceptors (Lipinski definition) is 5. The summed E-state index contributed by atoms with van der Waals surface area (Å²) < 4.78 is 0. The van der Waals surface area contributed by atoms with Crippen molar-refractivity contribution in [2.45, 2.75) is 50.4 Å². The normalized spacial score (nSPS) is 21.1. The van der Waals surface area contributed by atoms with Crippen molar-refractivity contribution in [1.29, 1.82) is 0 Å². The number of benzene rings is 1. The van der Waals surface area contributed by atoms with Gasteiger partial charge in [-0.05, 0) is 61.9 Å². The lowest BCUT2D eigenvalue weighted by Gasteiger charge is -2.40. The van der Waals surface area contributed by atoms with Gasteiger partial charge < -0.3 is 14.7 Å². The van der Waals surface area contributed by atoms with E-state index >= 15 is 0 Å². The summed E-state index contributed by atoms with van der Waals surface area (Å²) in [4.78, 5) is 20.4. The fourth-order valence-corrected chi connectivity index (χ4v) is 5.72. The number of carbonyl (C=O) groups excluding carboxylic acids is 1. The van der Waals surface area contributed by atoms with Gasteiger partial charge in [-0.2, -0.15) is 0 Å². The second-order valence-electron chi connectivity index (χ2n) is 9.37. The van der Waals surface area contributed by atoms with E-state index in [9.17, 15) is 4.79 Å². The number of aromatic nitrogens is 2. The summed E-state index contributed by atoms with van der Waals surface area (Å²) in [6, 6.07) is 12.1. The molecule has 5 rings (SSSR count). The molecule has 0 radical (unpaired) electrons. The summed E-state index contributed by atoms with van der Waals surface area (Å²) in [5, 5.41) is 9.73. The largest absolute Gasteiger partial charge is 0.355 e. The monoisotopic (exact) mass is 453 g/mol. The van der Waals surface area contributed by atoms with E-state index in [1.165, 1.54) is 19.3 Å². The molecule has 0 N–H and O–H groups in total. The van der Waals surface area contributed by atoms with Crippen LogP contribution in [0.4, 0.5) is 11.6 Å². The molecule has 170 valence electrons. The molecule has 0 spiro atoms. The summed E-state index contributed by atoms with van der Waals surface area (Å²) in [6.07, 6.45) is 7.84. The molecule has 0 bridgehead atoms. The lowest BCUT2D eigenvalue weighted by molar-refractivity contribution is -0.137. The number of amides is 1. The van der Waals surface area contributed by atoms with Gasteiger partial charge in [0.1, 0.15) is 0 Å². The smallest absolute Gasteiger partial charge is 0.233 e. The standard InChI is InChI=1S/C25H32ClN5O/c26-21-8-6-20(7-9-21)25(12-2-3-13-25)24(32)31-18-16-30(17-19-31)23-11-10-22(27-28-23)29-14-4-1-5-15-29/h6-11H,1-5,12-19H2. The van der Waals surface area contributed by atoms with E-state index in [1.54, 1.807) is 0 Å². The van der Waals surface area contributed by atoms with Gasteiger partial charge in [0, 0.05) is 44.3 Å². The summed E-state index contributed by atoms with van der Waals surface area (Å²) in [6.45, 7) is 5.18. The quantitative estimate of drug-likeness (QED) is 0.691. The first kappa shape index (κ1) is 21.5. The SMILES string of the molecule is O=C(N1CCN(c2ccc(N3CCCCC3)nn2)CC1)C1(c2ccc(Cl)cc2)CCCC1. The third kappa shape index (κ3) is 4.17. The van der Waals surface area contributed by atoms with E-state index in [4.69, 9.17) is 11.6 Å². The van der Waals surface area contributed by atoms with E-state index in [0.717, 1.165) is 87.2 Å². The van der Waals surface area contributed by atoms with Crippen molar-refractivity contribution in [3.63, 3.8) is 0 Å². The molecule has 32 heavy (non-hydrogen) atoms. The molecule has 1 aromatic carbocycles. The third-order valence-corrected chi connectivity index (χ3v) is 7.72. The predicted molar refractivity (Wildman–Crippen MR) is 128 cm³/mol. The molecule has 7 heteroatoms. The maximum atomic E-state index is 13.7. The molecule has 6 nitrogen and oxygen atoms in total. The Hall–Kier alpha value is -2.34.